The van der Waals surface area contributed by atoms with E-state index in [1.807, 2.05) is 0 Å². The van der Waals surface area contributed by atoms with Gasteiger partial charge in [-0.25, -0.2) is 18.7 Å². The largest absolute Gasteiger partial charge is 0.573 e. The van der Waals surface area contributed by atoms with Crippen LogP contribution in [-0.2, 0) is 5.41 Å². The maximum Gasteiger partial charge on any atom is 0.573 e. The van der Waals surface area contributed by atoms with Crippen molar-refractivity contribution >= 4 is 16.7 Å². The summed E-state index contributed by atoms with van der Waals surface area (Å²) < 4.78 is 74.6. The second kappa shape index (κ2) is 5.60. The summed E-state index contributed by atoms with van der Waals surface area (Å²) in [5.74, 6) is -5.79. The lowest BCUT2D eigenvalue weighted by Gasteiger charge is -2.20. The predicted molar refractivity (Wildman–Crippen MR) is 75.8 cm³/mol. The maximum atomic E-state index is 14.6. The molecule has 1 aromatic carbocycles. The molecule has 0 aliphatic rings. The van der Waals surface area contributed by atoms with Gasteiger partial charge in [0.05, 0.1) is 12.5 Å². The monoisotopic (exact) mass is 351 g/mol. The molecule has 0 bridgehead atoms. The SMILES string of the molecule is COc1c(OC(F)(F)F)c(F)c2nc(C(C)(C)C)nc(N)c2c1F. The quantitative estimate of drug-likeness (QED) is 0.836. The Bertz CT molecular complexity index is 800. The number of methoxy groups -OCH3 is 1. The van der Waals surface area contributed by atoms with Gasteiger partial charge in [-0.05, 0) is 0 Å². The molecule has 132 valence electrons. The van der Waals surface area contributed by atoms with Crippen LogP contribution in [0, 0.1) is 11.6 Å². The van der Waals surface area contributed by atoms with E-state index in [2.05, 4.69) is 19.4 Å². The number of nitrogen functional groups attached to an aromatic ring is 1. The smallest absolute Gasteiger partial charge is 0.490 e. The molecule has 1 heterocycles. The molecular weight excluding hydrogens is 337 g/mol. The van der Waals surface area contributed by atoms with Crippen molar-refractivity contribution < 1.29 is 31.4 Å². The zero-order valence-electron chi connectivity index (χ0n) is 13.2. The van der Waals surface area contributed by atoms with Crippen molar-refractivity contribution in [1.29, 1.82) is 0 Å². The lowest BCUT2D eigenvalue weighted by atomic mass is 9.95. The van der Waals surface area contributed by atoms with Gasteiger partial charge < -0.3 is 15.2 Å². The van der Waals surface area contributed by atoms with Gasteiger partial charge in [0.25, 0.3) is 0 Å². The molecule has 1 aromatic heterocycles. The summed E-state index contributed by atoms with van der Waals surface area (Å²) >= 11 is 0. The first-order chi connectivity index (χ1) is 10.9. The molecule has 5 nitrogen and oxygen atoms in total. The maximum absolute atomic E-state index is 14.6. The third-order valence-electron chi connectivity index (χ3n) is 3.06. The summed E-state index contributed by atoms with van der Waals surface area (Å²) in [7, 11) is 0.869. The second-order valence-electron chi connectivity index (χ2n) is 5.94. The molecule has 2 rings (SSSR count). The Morgan fingerprint density at radius 1 is 0.958 bits per heavy atom. The highest BCUT2D eigenvalue weighted by Gasteiger charge is 2.37. The molecule has 0 unspecified atom stereocenters. The van der Waals surface area contributed by atoms with Crippen molar-refractivity contribution in [2.75, 3.05) is 12.8 Å². The van der Waals surface area contributed by atoms with Gasteiger partial charge in [-0.3, -0.25) is 0 Å². The number of alkyl halides is 3. The Hall–Kier alpha value is -2.39. The fraction of sp³-hybridized carbons (Fsp3) is 0.429. The van der Waals surface area contributed by atoms with Gasteiger partial charge in [0.2, 0.25) is 11.5 Å². The molecule has 0 fully saturated rings. The first-order valence-corrected chi connectivity index (χ1v) is 6.65. The van der Waals surface area contributed by atoms with E-state index in [4.69, 9.17) is 5.73 Å². The highest BCUT2D eigenvalue weighted by Crippen LogP contribution is 2.43. The van der Waals surface area contributed by atoms with Crippen molar-refractivity contribution in [3.8, 4) is 11.5 Å². The minimum atomic E-state index is -5.25. The number of anilines is 1. The minimum Gasteiger partial charge on any atom is -0.490 e. The number of hydrogen-bond acceptors (Lipinski definition) is 5. The van der Waals surface area contributed by atoms with E-state index in [0.29, 0.717) is 0 Å². The minimum absolute atomic E-state index is 0.0360. The topological polar surface area (TPSA) is 70.3 Å². The van der Waals surface area contributed by atoms with E-state index in [1.54, 1.807) is 20.8 Å². The van der Waals surface area contributed by atoms with Crippen LogP contribution in [0.2, 0.25) is 0 Å². The van der Waals surface area contributed by atoms with Gasteiger partial charge in [0.1, 0.15) is 17.2 Å². The average molecular weight is 351 g/mol. The van der Waals surface area contributed by atoms with Gasteiger partial charge in [-0.15, -0.1) is 13.2 Å². The van der Waals surface area contributed by atoms with Crippen LogP contribution < -0.4 is 15.2 Å². The predicted octanol–water partition coefficient (Wildman–Crippen LogP) is 3.69. The van der Waals surface area contributed by atoms with Crippen molar-refractivity contribution in [2.24, 2.45) is 0 Å². The Morgan fingerprint density at radius 2 is 1.54 bits per heavy atom. The van der Waals surface area contributed by atoms with E-state index >= 15 is 0 Å². The third kappa shape index (κ3) is 3.13. The van der Waals surface area contributed by atoms with Crippen LogP contribution in [0.25, 0.3) is 10.9 Å². The lowest BCUT2D eigenvalue weighted by Crippen LogP contribution is -2.20. The number of hydrogen-bond donors (Lipinski definition) is 1. The number of rotatable bonds is 2. The van der Waals surface area contributed by atoms with Crippen LogP contribution in [0.1, 0.15) is 26.6 Å². The molecule has 0 spiro atoms. The van der Waals surface area contributed by atoms with Crippen LogP contribution >= 0.6 is 0 Å². The fourth-order valence-corrected chi connectivity index (χ4v) is 2.00. The van der Waals surface area contributed by atoms with Gasteiger partial charge in [-0.1, -0.05) is 20.8 Å². The Kier molecular flexibility index (Phi) is 4.19. The third-order valence-corrected chi connectivity index (χ3v) is 3.06. The molecule has 0 saturated heterocycles. The van der Waals surface area contributed by atoms with Crippen molar-refractivity contribution in [2.45, 2.75) is 32.5 Å². The van der Waals surface area contributed by atoms with Crippen molar-refractivity contribution in [3.05, 3.63) is 17.5 Å². The Balaban J connectivity index is 2.91. The van der Waals surface area contributed by atoms with E-state index in [1.165, 1.54) is 0 Å². The fourth-order valence-electron chi connectivity index (χ4n) is 2.00. The van der Waals surface area contributed by atoms with Crippen molar-refractivity contribution in [1.82, 2.24) is 9.97 Å². The molecule has 2 aromatic rings. The van der Waals surface area contributed by atoms with Gasteiger partial charge in [0, 0.05) is 5.41 Å². The number of benzene rings is 1. The van der Waals surface area contributed by atoms with E-state index in [0.717, 1.165) is 7.11 Å². The Labute approximate surface area is 133 Å². The molecule has 0 atom stereocenters. The molecule has 0 radical (unpaired) electrons. The molecule has 0 saturated carbocycles. The van der Waals surface area contributed by atoms with Crippen LogP contribution in [0.5, 0.6) is 11.5 Å². The lowest BCUT2D eigenvalue weighted by molar-refractivity contribution is -0.276. The normalized spacial score (nSPS) is 12.5. The van der Waals surface area contributed by atoms with Gasteiger partial charge >= 0.3 is 6.36 Å². The average Bonchev–Trinajstić information content (AvgIpc) is 2.41. The second-order valence-corrected chi connectivity index (χ2v) is 5.94. The van der Waals surface area contributed by atoms with Gasteiger partial charge in [0.15, 0.2) is 11.6 Å². The number of aromatic nitrogens is 2. The Morgan fingerprint density at radius 3 is 2.00 bits per heavy atom. The van der Waals surface area contributed by atoms with E-state index < -0.39 is 51.6 Å². The summed E-state index contributed by atoms with van der Waals surface area (Å²) in [6.45, 7) is 5.04. The zero-order valence-corrected chi connectivity index (χ0v) is 13.2. The van der Waals surface area contributed by atoms with Crippen LogP contribution in [0.4, 0.5) is 27.8 Å². The standard InChI is InChI=1S/C14H14F5N3O2/c1-13(2,3)12-21-8-5(11(20)22-12)6(15)9(23-4)10(7(8)16)24-14(17,18)19/h1-4H3,(H2,20,21,22). The highest BCUT2D eigenvalue weighted by molar-refractivity contribution is 5.92. The number of halogens is 5. The van der Waals surface area contributed by atoms with Crippen LogP contribution in [-0.4, -0.2) is 23.4 Å². The highest BCUT2D eigenvalue weighted by atomic mass is 19.4. The summed E-state index contributed by atoms with van der Waals surface area (Å²) in [6, 6.07) is 0. The molecule has 0 aliphatic heterocycles. The van der Waals surface area contributed by atoms with Crippen LogP contribution in [0.15, 0.2) is 0 Å². The summed E-state index contributed by atoms with van der Waals surface area (Å²) in [5, 5.41) is -0.577. The molecule has 10 heteroatoms. The zero-order chi connectivity index (χ0) is 18.4. The van der Waals surface area contributed by atoms with E-state index in [-0.39, 0.29) is 5.82 Å². The summed E-state index contributed by atoms with van der Waals surface area (Å²) in [4.78, 5) is 7.72. The first-order valence-electron chi connectivity index (χ1n) is 6.65. The number of ether oxygens (including phenoxy) is 2. The molecule has 0 amide bonds. The van der Waals surface area contributed by atoms with Gasteiger partial charge in [-0.2, -0.15) is 0 Å². The number of nitrogens with zero attached hydrogens (tertiary/aromatic N) is 2. The molecule has 2 N–H and O–H groups in total. The molecule has 0 aliphatic carbocycles. The molecule has 24 heavy (non-hydrogen) atoms. The number of nitrogens with two attached hydrogens (primary N) is 1. The number of fused-ring (bicyclic) bond motifs is 1. The van der Waals surface area contributed by atoms with E-state index in [9.17, 15) is 22.0 Å². The molecular formula is C14H14F5N3O2. The summed E-state index contributed by atoms with van der Waals surface area (Å²) in [6.07, 6.45) is -5.25. The van der Waals surface area contributed by atoms with Crippen LogP contribution in [0.3, 0.4) is 0 Å². The van der Waals surface area contributed by atoms with Crippen molar-refractivity contribution in [3.63, 3.8) is 0 Å². The summed E-state index contributed by atoms with van der Waals surface area (Å²) in [5.41, 5.74) is 4.23. The first kappa shape index (κ1) is 18.0.